The largest absolute Gasteiger partial charge is 0.467 e. The van der Waals surface area contributed by atoms with E-state index in [1.807, 2.05) is 30.3 Å². The molecule has 2 rings (SSSR count). The molecule has 0 saturated heterocycles. The van der Waals surface area contributed by atoms with Crippen molar-refractivity contribution in [3.8, 4) is 0 Å². The molecule has 1 aromatic rings. The Labute approximate surface area is 121 Å². The van der Waals surface area contributed by atoms with Crippen LogP contribution in [0.15, 0.2) is 42.6 Å². The average Bonchev–Trinajstić information content (AvgIpc) is 2.52. The highest BCUT2D eigenvalue weighted by Crippen LogP contribution is 2.16. The summed E-state index contributed by atoms with van der Waals surface area (Å²) in [6, 6.07) is 8.19. The fourth-order valence-corrected chi connectivity index (χ4v) is 1.94. The van der Waals surface area contributed by atoms with Crippen molar-refractivity contribution < 1.29 is 23.9 Å². The number of nitrogens with zero attached hydrogens (tertiary/aromatic N) is 1. The molecule has 1 heterocycles. The lowest BCUT2D eigenvalue weighted by atomic mass is 10.1. The molecule has 1 aromatic carbocycles. The third-order valence-electron chi connectivity index (χ3n) is 3.04. The summed E-state index contributed by atoms with van der Waals surface area (Å²) in [6.07, 6.45) is 1.69. The van der Waals surface area contributed by atoms with Crippen LogP contribution in [0.2, 0.25) is 0 Å². The number of amides is 1. The zero-order valence-corrected chi connectivity index (χ0v) is 11.5. The molecule has 110 valence electrons. The summed E-state index contributed by atoms with van der Waals surface area (Å²) in [6.45, 7) is 0.0891. The van der Waals surface area contributed by atoms with Crippen LogP contribution in [0.25, 0.3) is 0 Å². The average molecular weight is 289 g/mol. The molecule has 1 amide bonds. The van der Waals surface area contributed by atoms with E-state index in [-0.39, 0.29) is 18.8 Å². The van der Waals surface area contributed by atoms with Crippen molar-refractivity contribution >= 4 is 17.8 Å². The molecule has 6 nitrogen and oxygen atoms in total. The highest BCUT2D eigenvalue weighted by molar-refractivity contribution is 5.97. The van der Waals surface area contributed by atoms with E-state index in [0.717, 1.165) is 10.5 Å². The van der Waals surface area contributed by atoms with Crippen LogP contribution in [0.5, 0.6) is 0 Å². The predicted octanol–water partition coefficient (Wildman–Crippen LogP) is 1.65. The van der Waals surface area contributed by atoms with Gasteiger partial charge in [-0.2, -0.15) is 0 Å². The van der Waals surface area contributed by atoms with Crippen LogP contribution in [0.1, 0.15) is 12.0 Å². The van der Waals surface area contributed by atoms with E-state index in [2.05, 4.69) is 4.74 Å². The van der Waals surface area contributed by atoms with Gasteiger partial charge in [0.2, 0.25) is 0 Å². The van der Waals surface area contributed by atoms with E-state index in [1.54, 1.807) is 0 Å². The number of benzene rings is 1. The summed E-state index contributed by atoms with van der Waals surface area (Å²) in [5.74, 6) is -0.887. The Hall–Kier alpha value is -2.63. The van der Waals surface area contributed by atoms with Crippen LogP contribution in [-0.2, 0) is 25.7 Å². The Balaban J connectivity index is 2.03. The molecule has 1 unspecified atom stereocenters. The van der Waals surface area contributed by atoms with Crippen LogP contribution in [0.3, 0.4) is 0 Å². The van der Waals surface area contributed by atoms with E-state index in [4.69, 9.17) is 4.74 Å². The number of hydrogen-bond donors (Lipinski definition) is 0. The second-order valence-electron chi connectivity index (χ2n) is 4.47. The van der Waals surface area contributed by atoms with Gasteiger partial charge in [0.05, 0.1) is 7.11 Å². The molecule has 1 aliphatic heterocycles. The third-order valence-corrected chi connectivity index (χ3v) is 3.04. The van der Waals surface area contributed by atoms with Gasteiger partial charge in [-0.3, -0.25) is 9.69 Å². The van der Waals surface area contributed by atoms with Gasteiger partial charge in [0.1, 0.15) is 12.6 Å². The molecule has 0 bridgehead atoms. The molecule has 0 aromatic heterocycles. The van der Waals surface area contributed by atoms with Gasteiger partial charge in [0.15, 0.2) is 5.78 Å². The molecule has 0 spiro atoms. The standard InChI is InChI=1S/C15H15NO5/c1-20-14(18)13-9-12(17)7-8-16(13)15(19)21-10-11-5-3-2-4-6-11/h2-8,13H,9-10H2,1H3. The zero-order valence-electron chi connectivity index (χ0n) is 11.5. The first-order valence-electron chi connectivity index (χ1n) is 6.39. The normalized spacial score (nSPS) is 17.5. The second kappa shape index (κ2) is 6.69. The molecule has 0 N–H and O–H groups in total. The van der Waals surface area contributed by atoms with Gasteiger partial charge in [-0.1, -0.05) is 30.3 Å². The molecular weight excluding hydrogens is 274 g/mol. The number of rotatable bonds is 3. The molecular formula is C15H15NO5. The van der Waals surface area contributed by atoms with Crippen LogP contribution >= 0.6 is 0 Å². The van der Waals surface area contributed by atoms with Crippen molar-refractivity contribution in [2.24, 2.45) is 0 Å². The summed E-state index contributed by atoms with van der Waals surface area (Å²) in [4.78, 5) is 36.1. The molecule has 1 atom stereocenters. The molecule has 21 heavy (non-hydrogen) atoms. The van der Waals surface area contributed by atoms with E-state index in [9.17, 15) is 14.4 Å². The summed E-state index contributed by atoms with van der Waals surface area (Å²) >= 11 is 0. The van der Waals surface area contributed by atoms with Gasteiger partial charge < -0.3 is 9.47 Å². The Bertz CT molecular complexity index is 567. The van der Waals surface area contributed by atoms with Crippen molar-refractivity contribution in [2.45, 2.75) is 19.1 Å². The predicted molar refractivity (Wildman–Crippen MR) is 73.0 cm³/mol. The first-order chi connectivity index (χ1) is 10.1. The van der Waals surface area contributed by atoms with E-state index >= 15 is 0 Å². The maximum Gasteiger partial charge on any atom is 0.414 e. The second-order valence-corrected chi connectivity index (χ2v) is 4.47. The SMILES string of the molecule is COC(=O)C1CC(=O)C=CN1C(=O)OCc1ccccc1. The number of carbonyl (C=O) groups excluding carboxylic acids is 3. The van der Waals surface area contributed by atoms with Gasteiger partial charge in [-0.05, 0) is 11.6 Å². The number of ether oxygens (including phenoxy) is 2. The molecule has 0 saturated carbocycles. The van der Waals surface area contributed by atoms with Crippen molar-refractivity contribution in [3.05, 3.63) is 48.2 Å². The highest BCUT2D eigenvalue weighted by Gasteiger charge is 2.34. The molecule has 0 fully saturated rings. The van der Waals surface area contributed by atoms with Gasteiger partial charge >= 0.3 is 12.1 Å². The number of esters is 1. The van der Waals surface area contributed by atoms with Gasteiger partial charge in [-0.15, -0.1) is 0 Å². The maximum atomic E-state index is 12.0. The zero-order chi connectivity index (χ0) is 15.2. The molecule has 1 aliphatic rings. The van der Waals surface area contributed by atoms with E-state index < -0.39 is 18.1 Å². The lowest BCUT2D eigenvalue weighted by Crippen LogP contribution is -2.45. The number of hydrogen-bond acceptors (Lipinski definition) is 5. The minimum atomic E-state index is -0.976. The number of carbonyl (C=O) groups is 3. The van der Waals surface area contributed by atoms with Gasteiger partial charge in [-0.25, -0.2) is 9.59 Å². The van der Waals surface area contributed by atoms with Crippen LogP contribution in [0, 0.1) is 0 Å². The highest BCUT2D eigenvalue weighted by atomic mass is 16.6. The lowest BCUT2D eigenvalue weighted by molar-refractivity contribution is -0.147. The fourth-order valence-electron chi connectivity index (χ4n) is 1.94. The molecule has 0 radical (unpaired) electrons. The first-order valence-corrected chi connectivity index (χ1v) is 6.39. The van der Waals surface area contributed by atoms with Gasteiger partial charge in [0.25, 0.3) is 0 Å². The monoisotopic (exact) mass is 289 g/mol. The topological polar surface area (TPSA) is 72.9 Å². The van der Waals surface area contributed by atoms with Gasteiger partial charge in [0, 0.05) is 12.6 Å². The van der Waals surface area contributed by atoms with Crippen LogP contribution in [-0.4, -0.2) is 35.9 Å². The molecule has 6 heteroatoms. The van der Waals surface area contributed by atoms with Crippen LogP contribution < -0.4 is 0 Å². The Morgan fingerprint density at radius 3 is 2.67 bits per heavy atom. The van der Waals surface area contributed by atoms with Crippen LogP contribution in [0.4, 0.5) is 4.79 Å². The summed E-state index contributed by atoms with van der Waals surface area (Å²) < 4.78 is 9.75. The Morgan fingerprint density at radius 2 is 2.00 bits per heavy atom. The minimum absolute atomic E-state index is 0.0891. The number of ketones is 1. The Kier molecular flexibility index (Phi) is 4.71. The van der Waals surface area contributed by atoms with Crippen molar-refractivity contribution in [2.75, 3.05) is 7.11 Å². The summed E-state index contributed by atoms with van der Waals surface area (Å²) in [5.41, 5.74) is 0.831. The van der Waals surface area contributed by atoms with E-state index in [0.29, 0.717) is 0 Å². The summed E-state index contributed by atoms with van der Waals surface area (Å²) in [5, 5.41) is 0. The molecule has 0 aliphatic carbocycles. The van der Waals surface area contributed by atoms with Crippen molar-refractivity contribution in [1.82, 2.24) is 4.90 Å². The fraction of sp³-hybridized carbons (Fsp3) is 0.267. The number of allylic oxidation sites excluding steroid dienone is 1. The first kappa shape index (κ1) is 14.8. The number of methoxy groups -OCH3 is 1. The summed E-state index contributed by atoms with van der Waals surface area (Å²) in [7, 11) is 1.21. The Morgan fingerprint density at radius 1 is 1.29 bits per heavy atom. The smallest absolute Gasteiger partial charge is 0.414 e. The van der Waals surface area contributed by atoms with E-state index in [1.165, 1.54) is 19.4 Å². The third kappa shape index (κ3) is 3.68. The van der Waals surface area contributed by atoms with Crippen molar-refractivity contribution in [3.63, 3.8) is 0 Å². The quantitative estimate of drug-likeness (QED) is 0.791. The minimum Gasteiger partial charge on any atom is -0.467 e. The van der Waals surface area contributed by atoms with Crippen molar-refractivity contribution in [1.29, 1.82) is 0 Å². The maximum absolute atomic E-state index is 12.0. The lowest BCUT2D eigenvalue weighted by Gasteiger charge is -2.27.